The summed E-state index contributed by atoms with van der Waals surface area (Å²) in [6.07, 6.45) is 2.63. The average molecular weight is 214 g/mol. The van der Waals surface area contributed by atoms with E-state index in [4.69, 9.17) is 4.74 Å². The highest BCUT2D eigenvalue weighted by molar-refractivity contribution is 5.78. The van der Waals surface area contributed by atoms with Gasteiger partial charge in [-0.15, -0.1) is 0 Å². The molecular weight excluding hydrogens is 192 g/mol. The van der Waals surface area contributed by atoms with Gasteiger partial charge in [-0.25, -0.2) is 0 Å². The number of likely N-dealkylation sites (N-methyl/N-ethyl adjacent to an activating group) is 1. The summed E-state index contributed by atoms with van der Waals surface area (Å²) < 4.78 is 5.01. The molecule has 0 aromatic heterocycles. The molecule has 1 N–H and O–H groups in total. The molecule has 0 bridgehead atoms. The predicted molar refractivity (Wildman–Crippen MR) is 59.7 cm³/mol. The Morgan fingerprint density at radius 1 is 1.60 bits per heavy atom. The Labute approximate surface area is 92.0 Å². The maximum absolute atomic E-state index is 11.7. The van der Waals surface area contributed by atoms with Crippen molar-refractivity contribution in [3.63, 3.8) is 0 Å². The van der Waals surface area contributed by atoms with E-state index in [0.717, 1.165) is 12.5 Å². The van der Waals surface area contributed by atoms with Gasteiger partial charge in [0.15, 0.2) is 0 Å². The summed E-state index contributed by atoms with van der Waals surface area (Å²) in [7, 11) is 3.48. The van der Waals surface area contributed by atoms with Crippen LogP contribution in [0, 0.1) is 5.92 Å². The number of nitrogens with one attached hydrogen (secondary N) is 1. The molecule has 4 heteroatoms. The molecule has 0 saturated heterocycles. The van der Waals surface area contributed by atoms with Crippen molar-refractivity contribution in [2.75, 3.05) is 33.9 Å². The molecule has 0 radical (unpaired) electrons. The van der Waals surface area contributed by atoms with E-state index in [0.29, 0.717) is 13.2 Å². The molecule has 1 fully saturated rings. The third-order valence-corrected chi connectivity index (χ3v) is 2.87. The molecule has 0 spiro atoms. The van der Waals surface area contributed by atoms with Gasteiger partial charge in [0.2, 0.25) is 5.91 Å². The van der Waals surface area contributed by atoms with E-state index in [2.05, 4.69) is 5.32 Å². The number of amides is 1. The highest BCUT2D eigenvalue weighted by Crippen LogP contribution is 2.27. The fourth-order valence-corrected chi connectivity index (χ4v) is 1.43. The van der Waals surface area contributed by atoms with Gasteiger partial charge in [-0.3, -0.25) is 4.79 Å². The van der Waals surface area contributed by atoms with Crippen molar-refractivity contribution in [2.24, 2.45) is 5.92 Å². The first kappa shape index (κ1) is 12.5. The molecule has 1 aliphatic rings. The number of rotatable bonds is 7. The van der Waals surface area contributed by atoms with E-state index < -0.39 is 0 Å². The zero-order valence-corrected chi connectivity index (χ0v) is 9.95. The van der Waals surface area contributed by atoms with Crippen LogP contribution in [-0.2, 0) is 9.53 Å². The van der Waals surface area contributed by atoms with Gasteiger partial charge in [-0.05, 0) is 32.2 Å². The second-order valence-corrected chi connectivity index (χ2v) is 4.38. The molecule has 1 aliphatic carbocycles. The van der Waals surface area contributed by atoms with Crippen molar-refractivity contribution in [1.82, 2.24) is 10.2 Å². The molecule has 1 amide bonds. The third kappa shape index (κ3) is 4.62. The second kappa shape index (κ2) is 6.08. The summed E-state index contributed by atoms with van der Waals surface area (Å²) in [4.78, 5) is 13.4. The molecule has 1 rings (SSSR count). The Kier molecular flexibility index (Phi) is 5.05. The number of methoxy groups -OCH3 is 1. The Balaban J connectivity index is 2.12. The Hall–Kier alpha value is -0.610. The summed E-state index contributed by atoms with van der Waals surface area (Å²) in [5.41, 5.74) is 0. The van der Waals surface area contributed by atoms with E-state index in [-0.39, 0.29) is 11.9 Å². The molecule has 88 valence electrons. The maximum atomic E-state index is 11.7. The summed E-state index contributed by atoms with van der Waals surface area (Å²) in [5.74, 6) is 0.958. The number of ether oxygens (including phenoxy) is 1. The lowest BCUT2D eigenvalue weighted by Crippen LogP contribution is -2.42. The molecule has 15 heavy (non-hydrogen) atoms. The summed E-state index contributed by atoms with van der Waals surface area (Å²) in [6.45, 7) is 4.01. The van der Waals surface area contributed by atoms with Crippen LogP contribution in [0.2, 0.25) is 0 Å². The van der Waals surface area contributed by atoms with E-state index in [9.17, 15) is 4.79 Å². The van der Waals surface area contributed by atoms with Crippen molar-refractivity contribution >= 4 is 5.91 Å². The molecule has 1 saturated carbocycles. The van der Waals surface area contributed by atoms with Crippen LogP contribution >= 0.6 is 0 Å². The van der Waals surface area contributed by atoms with Gasteiger partial charge in [-0.1, -0.05) is 0 Å². The number of nitrogens with zero attached hydrogens (tertiary/aromatic N) is 1. The molecule has 1 atom stereocenters. The molecule has 1 unspecified atom stereocenters. The van der Waals surface area contributed by atoms with Crippen LogP contribution in [0.25, 0.3) is 0 Å². The molecule has 0 heterocycles. The van der Waals surface area contributed by atoms with Crippen LogP contribution in [0.15, 0.2) is 0 Å². The SMILES string of the molecule is COCC(C)N(C)C(=O)CNCC1CC1. The highest BCUT2D eigenvalue weighted by Gasteiger charge is 2.21. The van der Waals surface area contributed by atoms with Crippen molar-refractivity contribution in [3.05, 3.63) is 0 Å². The van der Waals surface area contributed by atoms with E-state index in [1.54, 1.807) is 12.0 Å². The maximum Gasteiger partial charge on any atom is 0.236 e. The van der Waals surface area contributed by atoms with Crippen LogP contribution in [0.1, 0.15) is 19.8 Å². The van der Waals surface area contributed by atoms with Crippen LogP contribution in [0.4, 0.5) is 0 Å². The predicted octanol–water partition coefficient (Wildman–Crippen LogP) is 0.479. The lowest BCUT2D eigenvalue weighted by atomic mass is 10.3. The quantitative estimate of drug-likeness (QED) is 0.670. The van der Waals surface area contributed by atoms with E-state index in [1.165, 1.54) is 12.8 Å². The molecule has 4 nitrogen and oxygen atoms in total. The van der Waals surface area contributed by atoms with Gasteiger partial charge in [0.25, 0.3) is 0 Å². The smallest absolute Gasteiger partial charge is 0.236 e. The van der Waals surface area contributed by atoms with Crippen molar-refractivity contribution < 1.29 is 9.53 Å². The normalized spacial score (nSPS) is 17.5. The van der Waals surface area contributed by atoms with Crippen molar-refractivity contribution in [2.45, 2.75) is 25.8 Å². The fourth-order valence-electron chi connectivity index (χ4n) is 1.43. The topological polar surface area (TPSA) is 41.6 Å². The summed E-state index contributed by atoms with van der Waals surface area (Å²) >= 11 is 0. The number of carbonyl (C=O) groups excluding carboxylic acids is 1. The largest absolute Gasteiger partial charge is 0.383 e. The van der Waals surface area contributed by atoms with Crippen LogP contribution in [0.5, 0.6) is 0 Å². The highest BCUT2D eigenvalue weighted by atomic mass is 16.5. The zero-order chi connectivity index (χ0) is 11.3. The third-order valence-electron chi connectivity index (χ3n) is 2.87. The monoisotopic (exact) mass is 214 g/mol. The van der Waals surface area contributed by atoms with Gasteiger partial charge in [0.1, 0.15) is 0 Å². The molecule has 0 aliphatic heterocycles. The Bertz CT molecular complexity index is 205. The number of carbonyl (C=O) groups is 1. The van der Waals surface area contributed by atoms with Gasteiger partial charge in [0, 0.05) is 14.2 Å². The van der Waals surface area contributed by atoms with Crippen LogP contribution in [-0.4, -0.2) is 50.7 Å². The van der Waals surface area contributed by atoms with E-state index in [1.807, 2.05) is 14.0 Å². The van der Waals surface area contributed by atoms with Gasteiger partial charge >= 0.3 is 0 Å². The lowest BCUT2D eigenvalue weighted by Gasteiger charge is -2.24. The van der Waals surface area contributed by atoms with Crippen molar-refractivity contribution in [3.8, 4) is 0 Å². The van der Waals surface area contributed by atoms with Crippen LogP contribution in [0.3, 0.4) is 0 Å². The minimum atomic E-state index is 0.139. The lowest BCUT2D eigenvalue weighted by molar-refractivity contribution is -0.131. The number of hydrogen-bond donors (Lipinski definition) is 1. The average Bonchev–Trinajstić information content (AvgIpc) is 3.00. The first-order valence-electron chi connectivity index (χ1n) is 5.60. The first-order chi connectivity index (χ1) is 7.15. The number of hydrogen-bond acceptors (Lipinski definition) is 3. The molecular formula is C11H22N2O2. The van der Waals surface area contributed by atoms with Gasteiger partial charge in [-0.2, -0.15) is 0 Å². The van der Waals surface area contributed by atoms with Gasteiger partial charge in [0.05, 0.1) is 19.2 Å². The summed E-state index contributed by atoms with van der Waals surface area (Å²) in [6, 6.07) is 0.144. The van der Waals surface area contributed by atoms with Crippen LogP contribution < -0.4 is 5.32 Å². The Morgan fingerprint density at radius 2 is 2.27 bits per heavy atom. The molecule has 0 aromatic carbocycles. The zero-order valence-electron chi connectivity index (χ0n) is 9.95. The fraction of sp³-hybridized carbons (Fsp3) is 0.909. The minimum Gasteiger partial charge on any atom is -0.383 e. The van der Waals surface area contributed by atoms with E-state index >= 15 is 0 Å². The minimum absolute atomic E-state index is 0.139. The standard InChI is InChI=1S/C11H22N2O2/c1-9(8-15-3)13(2)11(14)7-12-6-10-4-5-10/h9-10,12H,4-8H2,1-3H3. The second-order valence-electron chi connectivity index (χ2n) is 4.38. The summed E-state index contributed by atoms with van der Waals surface area (Å²) in [5, 5.41) is 3.19. The Morgan fingerprint density at radius 3 is 2.80 bits per heavy atom. The molecule has 0 aromatic rings. The first-order valence-corrected chi connectivity index (χ1v) is 5.60. The van der Waals surface area contributed by atoms with Gasteiger partial charge < -0.3 is 15.0 Å². The van der Waals surface area contributed by atoms with Crippen molar-refractivity contribution in [1.29, 1.82) is 0 Å².